The van der Waals surface area contributed by atoms with Crippen LogP contribution in [-0.2, 0) is 6.54 Å². The van der Waals surface area contributed by atoms with Crippen molar-refractivity contribution in [2.75, 3.05) is 0 Å². The first-order valence-corrected chi connectivity index (χ1v) is 4.48. The molecular formula is C11H14N2O. The summed E-state index contributed by atoms with van der Waals surface area (Å²) in [7, 11) is 0. The summed E-state index contributed by atoms with van der Waals surface area (Å²) in [5, 5.41) is 19.5. The van der Waals surface area contributed by atoms with E-state index >= 15 is 0 Å². The number of benzene rings is 1. The maximum atomic E-state index is 9.64. The zero-order valence-electron chi connectivity index (χ0n) is 8.44. The van der Waals surface area contributed by atoms with E-state index in [0.717, 1.165) is 10.6 Å². The van der Waals surface area contributed by atoms with Crippen LogP contribution in [0.1, 0.15) is 19.4 Å². The van der Waals surface area contributed by atoms with Gasteiger partial charge >= 0.3 is 0 Å². The normalized spacial score (nSPS) is 11.4. The summed E-state index contributed by atoms with van der Waals surface area (Å²) in [6.45, 7) is 3.72. The second kappa shape index (κ2) is 4.23. The molecule has 0 aliphatic carbocycles. The summed E-state index contributed by atoms with van der Waals surface area (Å²) in [4.78, 5) is 0. The Hall–Kier alpha value is -1.37. The van der Waals surface area contributed by atoms with E-state index in [2.05, 4.69) is 0 Å². The van der Waals surface area contributed by atoms with Crippen molar-refractivity contribution in [3.8, 4) is 6.07 Å². The van der Waals surface area contributed by atoms with E-state index in [1.165, 1.54) is 0 Å². The molecule has 0 atom stereocenters. The van der Waals surface area contributed by atoms with Crippen molar-refractivity contribution >= 4 is 0 Å². The highest BCUT2D eigenvalue weighted by molar-refractivity contribution is 5.15. The number of rotatable bonds is 3. The Morgan fingerprint density at radius 1 is 1.36 bits per heavy atom. The molecule has 0 amide bonds. The van der Waals surface area contributed by atoms with Crippen LogP contribution in [0.5, 0.6) is 0 Å². The van der Waals surface area contributed by atoms with Gasteiger partial charge in [-0.05, 0) is 19.4 Å². The minimum Gasteiger partial charge on any atom is -0.312 e. The Balaban J connectivity index is 2.68. The quantitative estimate of drug-likeness (QED) is 0.743. The molecule has 0 fully saturated rings. The maximum absolute atomic E-state index is 9.64. The summed E-state index contributed by atoms with van der Waals surface area (Å²) < 4.78 is 0. The standard InChI is InChI=1S/C11H14N2O/c1-11(2,9-12)13(14)8-10-6-4-3-5-7-10/h3-7,14H,8H2,1-2H3. The Bertz CT molecular complexity index is 327. The molecule has 1 aromatic carbocycles. The maximum Gasteiger partial charge on any atom is 0.127 e. The van der Waals surface area contributed by atoms with E-state index in [-0.39, 0.29) is 0 Å². The first kappa shape index (κ1) is 10.7. The topological polar surface area (TPSA) is 47.3 Å². The molecule has 0 saturated heterocycles. The van der Waals surface area contributed by atoms with Crippen LogP contribution in [0, 0.1) is 11.3 Å². The minimum absolute atomic E-state index is 0.362. The van der Waals surface area contributed by atoms with Crippen LogP contribution in [0.25, 0.3) is 0 Å². The van der Waals surface area contributed by atoms with Gasteiger partial charge in [-0.2, -0.15) is 10.3 Å². The number of nitrogens with zero attached hydrogens (tertiary/aromatic N) is 2. The Kier molecular flexibility index (Phi) is 3.23. The Morgan fingerprint density at radius 2 is 1.93 bits per heavy atom. The van der Waals surface area contributed by atoms with E-state index in [4.69, 9.17) is 5.26 Å². The van der Waals surface area contributed by atoms with Crippen LogP contribution in [0.15, 0.2) is 30.3 Å². The van der Waals surface area contributed by atoms with Crippen molar-refractivity contribution in [2.45, 2.75) is 25.9 Å². The van der Waals surface area contributed by atoms with Crippen LogP contribution >= 0.6 is 0 Å². The molecule has 0 saturated carbocycles. The molecule has 1 rings (SSSR count). The molecule has 0 spiro atoms. The van der Waals surface area contributed by atoms with Crippen LogP contribution < -0.4 is 0 Å². The smallest absolute Gasteiger partial charge is 0.127 e. The van der Waals surface area contributed by atoms with Crippen molar-refractivity contribution < 1.29 is 5.21 Å². The second-order valence-corrected chi connectivity index (χ2v) is 3.71. The highest BCUT2D eigenvalue weighted by Gasteiger charge is 2.24. The molecule has 0 heterocycles. The summed E-state index contributed by atoms with van der Waals surface area (Å²) in [6, 6.07) is 11.6. The first-order valence-electron chi connectivity index (χ1n) is 4.48. The van der Waals surface area contributed by atoms with Crippen molar-refractivity contribution in [2.24, 2.45) is 0 Å². The zero-order chi connectivity index (χ0) is 10.6. The van der Waals surface area contributed by atoms with Gasteiger partial charge in [-0.15, -0.1) is 0 Å². The van der Waals surface area contributed by atoms with Gasteiger partial charge in [0, 0.05) is 0 Å². The SMILES string of the molecule is CC(C)(C#N)N(O)Cc1ccccc1. The van der Waals surface area contributed by atoms with Gasteiger partial charge in [-0.25, -0.2) is 0 Å². The van der Waals surface area contributed by atoms with E-state index in [1.54, 1.807) is 13.8 Å². The largest absolute Gasteiger partial charge is 0.312 e. The molecule has 0 aliphatic heterocycles. The van der Waals surface area contributed by atoms with Gasteiger partial charge < -0.3 is 5.21 Å². The lowest BCUT2D eigenvalue weighted by Gasteiger charge is -2.26. The third-order valence-electron chi connectivity index (χ3n) is 2.09. The highest BCUT2D eigenvalue weighted by atomic mass is 16.5. The third kappa shape index (κ3) is 2.56. The average molecular weight is 190 g/mol. The fraction of sp³-hybridized carbons (Fsp3) is 0.364. The van der Waals surface area contributed by atoms with Crippen molar-refractivity contribution in [3.05, 3.63) is 35.9 Å². The predicted molar refractivity (Wildman–Crippen MR) is 53.5 cm³/mol. The predicted octanol–water partition coefficient (Wildman–Crippen LogP) is 2.18. The zero-order valence-corrected chi connectivity index (χ0v) is 8.44. The summed E-state index contributed by atoms with van der Waals surface area (Å²) in [5.74, 6) is 0. The molecule has 0 radical (unpaired) electrons. The lowest BCUT2D eigenvalue weighted by molar-refractivity contribution is -0.150. The van der Waals surface area contributed by atoms with Crippen LogP contribution in [0.3, 0.4) is 0 Å². The first-order chi connectivity index (χ1) is 6.56. The van der Waals surface area contributed by atoms with E-state index in [1.807, 2.05) is 36.4 Å². The fourth-order valence-corrected chi connectivity index (χ4v) is 1.01. The molecule has 0 aliphatic rings. The third-order valence-corrected chi connectivity index (χ3v) is 2.09. The Morgan fingerprint density at radius 3 is 2.43 bits per heavy atom. The number of hydrogen-bond donors (Lipinski definition) is 1. The summed E-state index contributed by atoms with van der Waals surface area (Å²) in [6.07, 6.45) is 0. The molecule has 3 nitrogen and oxygen atoms in total. The van der Waals surface area contributed by atoms with Gasteiger partial charge in [-0.1, -0.05) is 30.3 Å². The second-order valence-electron chi connectivity index (χ2n) is 3.71. The van der Waals surface area contributed by atoms with Crippen LogP contribution in [-0.4, -0.2) is 15.8 Å². The van der Waals surface area contributed by atoms with Crippen molar-refractivity contribution in [1.29, 1.82) is 5.26 Å². The van der Waals surface area contributed by atoms with Gasteiger partial charge in [-0.3, -0.25) is 0 Å². The van der Waals surface area contributed by atoms with Crippen LogP contribution in [0.4, 0.5) is 0 Å². The molecular weight excluding hydrogens is 176 g/mol. The van der Waals surface area contributed by atoms with Gasteiger partial charge in [0.2, 0.25) is 0 Å². The van der Waals surface area contributed by atoms with E-state index < -0.39 is 5.54 Å². The highest BCUT2D eigenvalue weighted by Crippen LogP contribution is 2.13. The van der Waals surface area contributed by atoms with Crippen LogP contribution in [0.2, 0.25) is 0 Å². The Labute approximate surface area is 84.2 Å². The van der Waals surface area contributed by atoms with E-state index in [0.29, 0.717) is 6.54 Å². The molecule has 0 unspecified atom stereocenters. The average Bonchev–Trinajstić information content (AvgIpc) is 2.19. The molecule has 1 N–H and O–H groups in total. The molecule has 1 aromatic rings. The van der Waals surface area contributed by atoms with Gasteiger partial charge in [0.1, 0.15) is 5.54 Å². The van der Waals surface area contributed by atoms with E-state index in [9.17, 15) is 5.21 Å². The van der Waals surface area contributed by atoms with Crippen molar-refractivity contribution in [1.82, 2.24) is 5.06 Å². The number of hydrogen-bond acceptors (Lipinski definition) is 3. The molecule has 74 valence electrons. The van der Waals surface area contributed by atoms with Crippen molar-refractivity contribution in [3.63, 3.8) is 0 Å². The van der Waals surface area contributed by atoms with Gasteiger partial charge in [0.05, 0.1) is 12.6 Å². The minimum atomic E-state index is -0.851. The lowest BCUT2D eigenvalue weighted by Crippen LogP contribution is -2.39. The van der Waals surface area contributed by atoms with Gasteiger partial charge in [0.25, 0.3) is 0 Å². The number of nitriles is 1. The lowest BCUT2D eigenvalue weighted by atomic mass is 10.1. The van der Waals surface area contributed by atoms with Gasteiger partial charge in [0.15, 0.2) is 0 Å². The number of hydroxylamine groups is 2. The molecule has 0 aromatic heterocycles. The molecule has 3 heteroatoms. The fourth-order valence-electron chi connectivity index (χ4n) is 1.01. The summed E-state index contributed by atoms with van der Waals surface area (Å²) >= 11 is 0. The molecule has 14 heavy (non-hydrogen) atoms. The monoisotopic (exact) mass is 190 g/mol. The summed E-state index contributed by atoms with van der Waals surface area (Å²) in [5.41, 5.74) is 0.133. The molecule has 0 bridgehead atoms.